The van der Waals surface area contributed by atoms with Crippen molar-refractivity contribution in [1.82, 2.24) is 15.1 Å². The van der Waals surface area contributed by atoms with Crippen molar-refractivity contribution in [2.45, 2.75) is 45.7 Å². The van der Waals surface area contributed by atoms with E-state index in [0.717, 1.165) is 12.8 Å². The molecule has 3 amide bonds. The molecule has 2 aliphatic rings. The van der Waals surface area contributed by atoms with Crippen LogP contribution in [0, 0.1) is 11.2 Å². The van der Waals surface area contributed by atoms with Crippen molar-refractivity contribution in [2.24, 2.45) is 5.41 Å². The van der Waals surface area contributed by atoms with Crippen molar-refractivity contribution in [2.75, 3.05) is 26.7 Å². The Morgan fingerprint density at radius 2 is 2.11 bits per heavy atom. The maximum Gasteiger partial charge on any atom is 0.317 e. The number of hydrogen-bond acceptors (Lipinski definition) is 3. The van der Waals surface area contributed by atoms with Crippen LogP contribution in [0.15, 0.2) is 18.2 Å². The summed E-state index contributed by atoms with van der Waals surface area (Å²) in [4.78, 5) is 29.0. The molecule has 3 rings (SSSR count). The van der Waals surface area contributed by atoms with Crippen molar-refractivity contribution in [3.05, 3.63) is 29.6 Å². The molecule has 1 atom stereocenters. The van der Waals surface area contributed by atoms with Gasteiger partial charge in [0.2, 0.25) is 5.91 Å². The summed E-state index contributed by atoms with van der Waals surface area (Å²) in [5, 5.41) is 2.89. The van der Waals surface area contributed by atoms with E-state index in [2.05, 4.69) is 5.32 Å². The van der Waals surface area contributed by atoms with Crippen LogP contribution in [0.4, 0.5) is 9.18 Å². The fraction of sp³-hybridized carbons (Fsp3) is 0.600. The Labute approximate surface area is 159 Å². The van der Waals surface area contributed by atoms with Crippen LogP contribution in [0.5, 0.6) is 5.75 Å². The number of piperidine rings is 1. The summed E-state index contributed by atoms with van der Waals surface area (Å²) < 4.78 is 19.4. The Bertz CT molecular complexity index is 724. The van der Waals surface area contributed by atoms with Gasteiger partial charge in [0.15, 0.2) is 0 Å². The molecular formula is C20H28FN3O3. The van der Waals surface area contributed by atoms with Gasteiger partial charge in [0.05, 0.1) is 12.5 Å². The number of hydrogen-bond donors (Lipinski definition) is 1. The molecule has 2 heterocycles. The molecule has 0 aromatic heterocycles. The molecule has 1 aromatic rings. The van der Waals surface area contributed by atoms with Crippen LogP contribution < -0.4 is 10.1 Å². The lowest BCUT2D eigenvalue weighted by molar-refractivity contribution is -0.146. The molecular weight excluding hydrogens is 349 g/mol. The summed E-state index contributed by atoms with van der Waals surface area (Å²) in [6.45, 7) is 5.67. The summed E-state index contributed by atoms with van der Waals surface area (Å²) in [5.74, 6) is 0.256. The number of benzene rings is 1. The van der Waals surface area contributed by atoms with E-state index in [9.17, 15) is 14.0 Å². The van der Waals surface area contributed by atoms with Crippen LogP contribution in [-0.4, -0.2) is 54.5 Å². The third-order valence-electron chi connectivity index (χ3n) is 5.49. The van der Waals surface area contributed by atoms with Crippen LogP contribution in [0.3, 0.4) is 0 Å². The first-order valence-corrected chi connectivity index (χ1v) is 9.52. The number of rotatable bonds is 4. The standard InChI is InChI=1S/C20H28FN3O3/c1-14(2)22-19(26)24-10-8-20(13-24)7-4-9-23(18(20)25)12-15-11-16(27-3)5-6-17(15)21/h5-6,11,14H,4,7-10,12-13H2,1-3H3,(H,22,26). The molecule has 1 aromatic carbocycles. The highest BCUT2D eigenvalue weighted by Crippen LogP contribution is 2.40. The molecule has 0 bridgehead atoms. The van der Waals surface area contributed by atoms with Gasteiger partial charge in [0, 0.05) is 37.8 Å². The van der Waals surface area contributed by atoms with Crippen LogP contribution in [0.1, 0.15) is 38.7 Å². The maximum atomic E-state index is 14.2. The van der Waals surface area contributed by atoms with E-state index in [1.807, 2.05) is 13.8 Å². The molecule has 2 saturated heterocycles. The fourth-order valence-corrected chi connectivity index (χ4v) is 4.07. The quantitative estimate of drug-likeness (QED) is 0.878. The van der Waals surface area contributed by atoms with Gasteiger partial charge in [-0.2, -0.15) is 0 Å². The van der Waals surface area contributed by atoms with E-state index < -0.39 is 5.41 Å². The first-order chi connectivity index (χ1) is 12.8. The summed E-state index contributed by atoms with van der Waals surface area (Å²) in [6, 6.07) is 4.52. The molecule has 2 aliphatic heterocycles. The Balaban J connectivity index is 1.72. The second-order valence-corrected chi connectivity index (χ2v) is 7.84. The van der Waals surface area contributed by atoms with Crippen molar-refractivity contribution in [3.63, 3.8) is 0 Å². The van der Waals surface area contributed by atoms with Gasteiger partial charge < -0.3 is 19.9 Å². The van der Waals surface area contributed by atoms with Gasteiger partial charge in [-0.1, -0.05) is 0 Å². The number of ether oxygens (including phenoxy) is 1. The normalized spacial score (nSPS) is 22.6. The average Bonchev–Trinajstić information content (AvgIpc) is 3.05. The monoisotopic (exact) mass is 377 g/mol. The summed E-state index contributed by atoms with van der Waals surface area (Å²) >= 11 is 0. The predicted molar refractivity (Wildman–Crippen MR) is 99.9 cm³/mol. The molecule has 0 saturated carbocycles. The smallest absolute Gasteiger partial charge is 0.317 e. The largest absolute Gasteiger partial charge is 0.497 e. The zero-order valence-electron chi connectivity index (χ0n) is 16.3. The summed E-state index contributed by atoms with van der Waals surface area (Å²) in [5.41, 5.74) is -0.0887. The highest BCUT2D eigenvalue weighted by molar-refractivity contribution is 5.86. The molecule has 1 unspecified atom stereocenters. The highest BCUT2D eigenvalue weighted by atomic mass is 19.1. The van der Waals surface area contributed by atoms with Crippen molar-refractivity contribution < 1.29 is 18.7 Å². The second-order valence-electron chi connectivity index (χ2n) is 7.84. The lowest BCUT2D eigenvalue weighted by Gasteiger charge is -2.39. The number of amides is 3. The minimum Gasteiger partial charge on any atom is -0.497 e. The molecule has 148 valence electrons. The number of urea groups is 1. The molecule has 1 spiro atoms. The number of nitrogens with one attached hydrogen (secondary N) is 1. The fourth-order valence-electron chi connectivity index (χ4n) is 4.07. The van der Waals surface area contributed by atoms with Crippen molar-refractivity contribution >= 4 is 11.9 Å². The molecule has 7 heteroatoms. The van der Waals surface area contributed by atoms with Gasteiger partial charge in [-0.15, -0.1) is 0 Å². The Morgan fingerprint density at radius 1 is 1.33 bits per heavy atom. The van der Waals surface area contributed by atoms with Crippen LogP contribution in [0.2, 0.25) is 0 Å². The Kier molecular flexibility index (Phi) is 5.58. The first-order valence-electron chi connectivity index (χ1n) is 9.52. The van der Waals surface area contributed by atoms with E-state index in [1.54, 1.807) is 21.9 Å². The van der Waals surface area contributed by atoms with E-state index in [4.69, 9.17) is 4.74 Å². The van der Waals surface area contributed by atoms with Crippen molar-refractivity contribution in [1.29, 1.82) is 0 Å². The lowest BCUT2D eigenvalue weighted by Crippen LogP contribution is -2.51. The first kappa shape index (κ1) is 19.5. The zero-order valence-corrected chi connectivity index (χ0v) is 16.3. The third-order valence-corrected chi connectivity index (χ3v) is 5.49. The summed E-state index contributed by atoms with van der Waals surface area (Å²) in [6.07, 6.45) is 2.29. The number of nitrogens with zero attached hydrogens (tertiary/aromatic N) is 2. The summed E-state index contributed by atoms with van der Waals surface area (Å²) in [7, 11) is 1.54. The molecule has 27 heavy (non-hydrogen) atoms. The van der Waals surface area contributed by atoms with Crippen molar-refractivity contribution in [3.8, 4) is 5.75 Å². The molecule has 0 radical (unpaired) electrons. The number of carbonyl (C=O) groups is 2. The highest BCUT2D eigenvalue weighted by Gasteiger charge is 2.49. The third kappa shape index (κ3) is 4.01. The van der Waals surface area contributed by atoms with Crippen LogP contribution in [0.25, 0.3) is 0 Å². The second kappa shape index (κ2) is 7.74. The minimum atomic E-state index is -0.540. The van der Waals surface area contributed by atoms with E-state index in [1.165, 1.54) is 13.2 Å². The lowest BCUT2D eigenvalue weighted by atomic mass is 9.78. The molecule has 2 fully saturated rings. The number of methoxy groups -OCH3 is 1. The number of likely N-dealkylation sites (tertiary alicyclic amines) is 2. The SMILES string of the molecule is COc1ccc(F)c(CN2CCCC3(CCN(C(=O)NC(C)C)C3)C2=O)c1. The van der Waals surface area contributed by atoms with Gasteiger partial charge in [-0.25, -0.2) is 9.18 Å². The van der Waals surface area contributed by atoms with Gasteiger partial charge in [-0.3, -0.25) is 4.79 Å². The molecule has 6 nitrogen and oxygen atoms in total. The predicted octanol–water partition coefficient (Wildman–Crippen LogP) is 2.77. The van der Waals surface area contributed by atoms with E-state index >= 15 is 0 Å². The van der Waals surface area contributed by atoms with Gasteiger partial charge >= 0.3 is 6.03 Å². The van der Waals surface area contributed by atoms with E-state index in [-0.39, 0.29) is 30.3 Å². The maximum absolute atomic E-state index is 14.2. The van der Waals surface area contributed by atoms with Crippen LogP contribution >= 0.6 is 0 Å². The zero-order chi connectivity index (χ0) is 19.6. The average molecular weight is 377 g/mol. The van der Waals surface area contributed by atoms with Crippen LogP contribution in [-0.2, 0) is 11.3 Å². The number of halogens is 1. The van der Waals surface area contributed by atoms with Gasteiger partial charge in [0.1, 0.15) is 11.6 Å². The number of carbonyl (C=O) groups excluding carboxylic acids is 2. The molecule has 0 aliphatic carbocycles. The van der Waals surface area contributed by atoms with Gasteiger partial charge in [0.25, 0.3) is 0 Å². The van der Waals surface area contributed by atoms with Gasteiger partial charge in [-0.05, 0) is 51.3 Å². The Morgan fingerprint density at radius 3 is 2.81 bits per heavy atom. The van der Waals surface area contributed by atoms with E-state index in [0.29, 0.717) is 37.4 Å². The molecule has 1 N–H and O–H groups in total. The topological polar surface area (TPSA) is 61.9 Å². The Hall–Kier alpha value is -2.31. The minimum absolute atomic E-state index is 0.0239.